The van der Waals surface area contributed by atoms with Crippen LogP contribution in [0.1, 0.15) is 12.5 Å². The van der Waals surface area contributed by atoms with Crippen molar-refractivity contribution in [3.05, 3.63) is 30.1 Å². The molecular formula is C11H18NO7P2S+. The molecular weight excluding hydrogens is 352 g/mol. The molecule has 0 radical (unpaired) electrons. The molecule has 0 unspecified atom stereocenters. The van der Waals surface area contributed by atoms with Gasteiger partial charge in [-0.25, -0.2) is 4.57 Å². The van der Waals surface area contributed by atoms with Crippen LogP contribution in [-0.4, -0.2) is 35.8 Å². The molecule has 0 amide bonds. The van der Waals surface area contributed by atoms with Gasteiger partial charge in [0.1, 0.15) is 0 Å². The monoisotopic (exact) mass is 370 g/mol. The van der Waals surface area contributed by atoms with E-state index in [0.29, 0.717) is 17.9 Å². The molecule has 0 bridgehead atoms. The van der Waals surface area contributed by atoms with Gasteiger partial charge < -0.3 is 19.6 Å². The summed E-state index contributed by atoms with van der Waals surface area (Å²) in [4.78, 5) is 47.3. The van der Waals surface area contributed by atoms with Gasteiger partial charge in [0.2, 0.25) is 0 Å². The second kappa shape index (κ2) is 7.84. The van der Waals surface area contributed by atoms with Crippen molar-refractivity contribution in [1.82, 2.24) is 0 Å². The number of carbonyl (C=O) groups excluding carboxylic acids is 1. The number of hydrogen-bond donors (Lipinski definition) is 4. The summed E-state index contributed by atoms with van der Waals surface area (Å²) >= 11 is 1.15. The molecule has 1 aromatic heterocycles. The summed E-state index contributed by atoms with van der Waals surface area (Å²) in [6.07, 6.45) is 2.82. The van der Waals surface area contributed by atoms with Gasteiger partial charge in [-0.1, -0.05) is 11.8 Å². The van der Waals surface area contributed by atoms with Gasteiger partial charge in [0.25, 0.3) is 0 Å². The summed E-state index contributed by atoms with van der Waals surface area (Å²) in [5.41, 5.74) is 0.395. The second-order valence-electron chi connectivity index (χ2n) is 4.65. The minimum atomic E-state index is -4.93. The molecule has 4 N–H and O–H groups in total. The number of nitrogens with zero attached hydrogens (tertiary/aromatic N) is 1. The van der Waals surface area contributed by atoms with Crippen molar-refractivity contribution >= 4 is 32.1 Å². The maximum atomic E-state index is 11.3. The Morgan fingerprint density at radius 3 is 2.36 bits per heavy atom. The van der Waals surface area contributed by atoms with Crippen LogP contribution < -0.4 is 4.57 Å². The smallest absolute Gasteiger partial charge is 0.324 e. The Kier molecular flexibility index (Phi) is 6.95. The van der Waals surface area contributed by atoms with E-state index in [2.05, 4.69) is 0 Å². The van der Waals surface area contributed by atoms with Gasteiger partial charge in [-0.05, 0) is 6.07 Å². The second-order valence-corrected chi connectivity index (χ2v) is 9.94. The first kappa shape index (κ1) is 19.5. The van der Waals surface area contributed by atoms with Crippen molar-refractivity contribution in [2.75, 3.05) is 5.75 Å². The summed E-state index contributed by atoms with van der Waals surface area (Å²) in [5, 5.41) is -2.07. The van der Waals surface area contributed by atoms with E-state index < -0.39 is 27.0 Å². The van der Waals surface area contributed by atoms with Crippen LogP contribution in [0.25, 0.3) is 0 Å². The van der Waals surface area contributed by atoms with Crippen molar-refractivity contribution in [3.63, 3.8) is 0 Å². The van der Waals surface area contributed by atoms with Gasteiger partial charge in [-0.15, -0.1) is 0 Å². The minimum Gasteiger partial charge on any atom is -0.324 e. The third kappa shape index (κ3) is 6.71. The van der Waals surface area contributed by atoms with E-state index in [9.17, 15) is 13.9 Å². The van der Waals surface area contributed by atoms with Crippen LogP contribution in [0.5, 0.6) is 0 Å². The van der Waals surface area contributed by atoms with Crippen LogP contribution in [0.15, 0.2) is 24.5 Å². The minimum absolute atomic E-state index is 0.0141. The summed E-state index contributed by atoms with van der Waals surface area (Å²) in [5.74, 6) is 0.532. The van der Waals surface area contributed by atoms with E-state index in [4.69, 9.17) is 19.6 Å². The van der Waals surface area contributed by atoms with E-state index in [-0.39, 0.29) is 5.12 Å². The summed E-state index contributed by atoms with van der Waals surface area (Å²) in [6.45, 7) is 1.95. The maximum absolute atomic E-state index is 11.3. The first-order valence-electron chi connectivity index (χ1n) is 6.22. The first-order chi connectivity index (χ1) is 10.00. The van der Waals surface area contributed by atoms with Crippen molar-refractivity contribution in [1.29, 1.82) is 0 Å². The number of rotatable bonds is 7. The molecule has 0 aliphatic carbocycles. The normalized spacial score (nSPS) is 12.6. The maximum Gasteiger partial charge on any atom is 0.341 e. The molecule has 8 nitrogen and oxygen atoms in total. The molecule has 0 aliphatic rings. The average Bonchev–Trinajstić information content (AvgIpc) is 2.33. The van der Waals surface area contributed by atoms with Crippen molar-refractivity contribution < 1.29 is 38.1 Å². The third-order valence-corrected chi connectivity index (χ3v) is 7.29. The number of aryl methyl sites for hydroxylation is 1. The Labute approximate surface area is 131 Å². The predicted molar refractivity (Wildman–Crippen MR) is 81.4 cm³/mol. The lowest BCUT2D eigenvalue weighted by atomic mass is 10.2. The lowest BCUT2D eigenvalue weighted by Crippen LogP contribution is -2.35. The summed E-state index contributed by atoms with van der Waals surface area (Å²) < 4.78 is 24.2. The van der Waals surface area contributed by atoms with Crippen LogP contribution in [0.3, 0.4) is 0 Å². The Morgan fingerprint density at radius 1 is 1.27 bits per heavy atom. The molecule has 1 aromatic rings. The molecule has 0 fully saturated rings. The Hall–Kier alpha value is -0.530. The number of thioether (sulfide) groups is 1. The lowest BCUT2D eigenvalue weighted by Gasteiger charge is -2.18. The fraction of sp³-hybridized carbons (Fsp3) is 0.455. The molecule has 124 valence electrons. The topological polar surface area (TPSA) is 136 Å². The Balaban J connectivity index is 2.86. The number of carbonyl (C=O) groups is 1. The largest absolute Gasteiger partial charge is 0.341 e. The fourth-order valence-corrected chi connectivity index (χ4v) is 4.83. The molecule has 22 heavy (non-hydrogen) atoms. The molecule has 0 spiro atoms. The number of hydrogen-bond acceptors (Lipinski definition) is 4. The van der Waals surface area contributed by atoms with E-state index >= 15 is 0 Å². The zero-order valence-corrected chi connectivity index (χ0v) is 14.4. The SMILES string of the molecule is CC(=O)SCC[n+]1cccc(CC(P(=O)(O)O)P(=O)(O)O)c1. The quantitative estimate of drug-likeness (QED) is 0.402. The standard InChI is InChI=1S/C11H17NO7P2S/c1-9(13)22-6-5-12-4-2-3-10(8-12)7-11(20(14,15)16)21(17,18)19/h2-4,8,11H,5-7H2,1H3,(H3-,14,15,16,17,18,19)/p+1. The van der Waals surface area contributed by atoms with Crippen molar-refractivity contribution in [2.24, 2.45) is 0 Å². The van der Waals surface area contributed by atoms with Crippen molar-refractivity contribution in [3.8, 4) is 0 Å². The molecule has 0 atom stereocenters. The Morgan fingerprint density at radius 2 is 1.86 bits per heavy atom. The highest BCUT2D eigenvalue weighted by atomic mass is 32.2. The number of aromatic nitrogens is 1. The van der Waals surface area contributed by atoms with Crippen LogP contribution in [-0.2, 0) is 26.9 Å². The average molecular weight is 370 g/mol. The molecule has 0 saturated carbocycles. The molecule has 11 heteroatoms. The highest BCUT2D eigenvalue weighted by Gasteiger charge is 2.43. The lowest BCUT2D eigenvalue weighted by molar-refractivity contribution is -0.692. The van der Waals surface area contributed by atoms with Crippen LogP contribution in [0, 0.1) is 0 Å². The van der Waals surface area contributed by atoms with Crippen LogP contribution >= 0.6 is 27.0 Å². The zero-order chi connectivity index (χ0) is 17.0. The van der Waals surface area contributed by atoms with Gasteiger partial charge in [0.05, 0.1) is 5.75 Å². The summed E-state index contributed by atoms with van der Waals surface area (Å²) in [7, 11) is -9.87. The van der Waals surface area contributed by atoms with E-state index in [0.717, 1.165) is 11.8 Å². The van der Waals surface area contributed by atoms with E-state index in [1.165, 1.54) is 13.0 Å². The van der Waals surface area contributed by atoms with Gasteiger partial charge in [-0.2, -0.15) is 0 Å². The van der Waals surface area contributed by atoms with Gasteiger partial charge in [-0.3, -0.25) is 13.9 Å². The zero-order valence-electron chi connectivity index (χ0n) is 11.8. The highest BCUT2D eigenvalue weighted by molar-refractivity contribution is 8.13. The van der Waals surface area contributed by atoms with Gasteiger partial charge in [0.15, 0.2) is 29.5 Å². The molecule has 1 heterocycles. The third-order valence-electron chi connectivity index (χ3n) is 2.77. The van der Waals surface area contributed by atoms with Crippen molar-refractivity contribution in [2.45, 2.75) is 25.3 Å². The number of pyridine rings is 1. The van der Waals surface area contributed by atoms with E-state index in [1.54, 1.807) is 23.0 Å². The van der Waals surface area contributed by atoms with E-state index in [1.807, 2.05) is 0 Å². The molecule has 0 saturated heterocycles. The van der Waals surface area contributed by atoms with Crippen LogP contribution in [0.2, 0.25) is 0 Å². The predicted octanol–water partition coefficient (Wildman–Crippen LogP) is 0.478. The summed E-state index contributed by atoms with van der Waals surface area (Å²) in [6, 6.07) is 3.15. The highest BCUT2D eigenvalue weighted by Crippen LogP contribution is 2.60. The Bertz CT molecular complexity index is 605. The van der Waals surface area contributed by atoms with Gasteiger partial charge in [0, 0.05) is 25.0 Å². The molecule has 0 aliphatic heterocycles. The van der Waals surface area contributed by atoms with Gasteiger partial charge >= 0.3 is 15.2 Å². The molecule has 1 rings (SSSR count). The van der Waals surface area contributed by atoms with Crippen LogP contribution in [0.4, 0.5) is 0 Å². The fourth-order valence-electron chi connectivity index (χ4n) is 1.78. The first-order valence-corrected chi connectivity index (χ1v) is 10.6. The molecule has 0 aromatic carbocycles.